The Labute approximate surface area is 142 Å². The monoisotopic (exact) mass is 404 g/mol. The number of hydrogen-bond donors (Lipinski definition) is 2. The third-order valence-corrected chi connectivity index (χ3v) is 3.93. The van der Waals surface area contributed by atoms with Crippen molar-refractivity contribution in [3.05, 3.63) is 30.1 Å². The highest BCUT2D eigenvalue weighted by molar-refractivity contribution is 14.0. The van der Waals surface area contributed by atoms with Gasteiger partial charge in [-0.25, -0.2) is 4.39 Å². The highest BCUT2D eigenvalue weighted by Gasteiger charge is 2.24. The molecule has 21 heavy (non-hydrogen) atoms. The van der Waals surface area contributed by atoms with Crippen LogP contribution in [0.3, 0.4) is 0 Å². The molecule has 1 aromatic rings. The summed E-state index contributed by atoms with van der Waals surface area (Å²) in [5.74, 6) is 1.33. The Morgan fingerprint density at radius 3 is 3.00 bits per heavy atom. The largest absolute Gasteiger partial charge is 0.369 e. The van der Waals surface area contributed by atoms with Crippen molar-refractivity contribution in [2.24, 2.45) is 10.9 Å². The molecular formula is C15H22FIN4. The Morgan fingerprint density at radius 2 is 2.24 bits per heavy atom. The summed E-state index contributed by atoms with van der Waals surface area (Å²) in [7, 11) is 0. The first-order valence-electron chi connectivity index (χ1n) is 7.34. The normalized spacial score (nSPS) is 21.3. The van der Waals surface area contributed by atoms with Gasteiger partial charge in [0.1, 0.15) is 5.82 Å². The zero-order valence-electron chi connectivity index (χ0n) is 12.0. The molecule has 1 saturated heterocycles. The van der Waals surface area contributed by atoms with Crippen LogP contribution in [0.15, 0.2) is 29.3 Å². The maximum Gasteiger partial charge on any atom is 0.191 e. The van der Waals surface area contributed by atoms with Gasteiger partial charge in [0, 0.05) is 32.7 Å². The molecule has 1 atom stereocenters. The van der Waals surface area contributed by atoms with E-state index in [0.29, 0.717) is 5.92 Å². The first kappa shape index (κ1) is 16.3. The lowest BCUT2D eigenvalue weighted by Crippen LogP contribution is -2.43. The minimum absolute atomic E-state index is 0. The van der Waals surface area contributed by atoms with Gasteiger partial charge in [0.2, 0.25) is 0 Å². The molecule has 4 nitrogen and oxygen atoms in total. The van der Waals surface area contributed by atoms with Crippen LogP contribution in [0.1, 0.15) is 12.8 Å². The highest BCUT2D eigenvalue weighted by atomic mass is 127. The zero-order chi connectivity index (χ0) is 13.8. The van der Waals surface area contributed by atoms with Crippen molar-refractivity contribution < 1.29 is 4.39 Å². The SMILES string of the molecule is Fc1ccccc1N1CCC(CNC2=NCCCN2)C1.I. The number of aliphatic imine (C=N–C) groups is 1. The van der Waals surface area contributed by atoms with E-state index in [0.717, 1.165) is 57.2 Å². The molecule has 3 rings (SSSR count). The minimum atomic E-state index is -0.126. The van der Waals surface area contributed by atoms with Crippen molar-refractivity contribution >= 4 is 35.6 Å². The fourth-order valence-corrected chi connectivity index (χ4v) is 2.82. The third kappa shape index (κ3) is 4.21. The quantitative estimate of drug-likeness (QED) is 0.760. The van der Waals surface area contributed by atoms with Crippen molar-refractivity contribution in [3.63, 3.8) is 0 Å². The predicted molar refractivity (Wildman–Crippen MR) is 95.1 cm³/mol. The lowest BCUT2D eigenvalue weighted by Gasteiger charge is -2.20. The summed E-state index contributed by atoms with van der Waals surface area (Å²) in [6.45, 7) is 4.63. The number of rotatable bonds is 3. The number of nitrogens with one attached hydrogen (secondary N) is 2. The van der Waals surface area contributed by atoms with Gasteiger partial charge in [0.05, 0.1) is 5.69 Å². The molecule has 0 aliphatic carbocycles. The van der Waals surface area contributed by atoms with E-state index in [1.54, 1.807) is 6.07 Å². The molecule has 0 saturated carbocycles. The van der Waals surface area contributed by atoms with E-state index in [-0.39, 0.29) is 29.8 Å². The number of guanidine groups is 1. The summed E-state index contributed by atoms with van der Waals surface area (Å²) in [5.41, 5.74) is 0.725. The van der Waals surface area contributed by atoms with Gasteiger partial charge in [0.25, 0.3) is 0 Å². The second kappa shape index (κ2) is 7.82. The first-order valence-corrected chi connectivity index (χ1v) is 7.34. The number of hydrogen-bond acceptors (Lipinski definition) is 4. The smallest absolute Gasteiger partial charge is 0.191 e. The van der Waals surface area contributed by atoms with E-state index < -0.39 is 0 Å². The van der Waals surface area contributed by atoms with Crippen LogP contribution in [0.5, 0.6) is 0 Å². The minimum Gasteiger partial charge on any atom is -0.369 e. The van der Waals surface area contributed by atoms with E-state index in [4.69, 9.17) is 0 Å². The van der Waals surface area contributed by atoms with Gasteiger partial charge < -0.3 is 15.5 Å². The maximum absolute atomic E-state index is 13.8. The molecule has 1 unspecified atom stereocenters. The van der Waals surface area contributed by atoms with Gasteiger partial charge in [-0.3, -0.25) is 4.99 Å². The standard InChI is InChI=1S/C15H21FN4.HI/c16-13-4-1-2-5-14(13)20-9-6-12(11-20)10-19-15-17-7-3-8-18-15;/h1-2,4-5,12H,3,6-11H2,(H2,17,18,19);1H. The molecule has 0 radical (unpaired) electrons. The van der Waals surface area contributed by atoms with Crippen LogP contribution in [0.25, 0.3) is 0 Å². The zero-order valence-corrected chi connectivity index (χ0v) is 14.3. The summed E-state index contributed by atoms with van der Waals surface area (Å²) >= 11 is 0. The van der Waals surface area contributed by atoms with Crippen molar-refractivity contribution in [2.45, 2.75) is 12.8 Å². The first-order chi connectivity index (χ1) is 9.83. The van der Waals surface area contributed by atoms with Crippen LogP contribution in [-0.4, -0.2) is 38.7 Å². The number of nitrogens with zero attached hydrogens (tertiary/aromatic N) is 2. The van der Waals surface area contributed by atoms with E-state index in [2.05, 4.69) is 20.5 Å². The molecule has 0 aromatic heterocycles. The molecule has 1 fully saturated rings. The summed E-state index contributed by atoms with van der Waals surface area (Å²) < 4.78 is 13.8. The summed E-state index contributed by atoms with van der Waals surface area (Å²) in [6.07, 6.45) is 2.20. The maximum atomic E-state index is 13.8. The molecule has 116 valence electrons. The van der Waals surface area contributed by atoms with Crippen molar-refractivity contribution in [3.8, 4) is 0 Å². The Bertz CT molecular complexity index is 494. The van der Waals surface area contributed by atoms with Crippen LogP contribution in [0.2, 0.25) is 0 Å². The van der Waals surface area contributed by atoms with Gasteiger partial charge in [0.15, 0.2) is 5.96 Å². The van der Waals surface area contributed by atoms with E-state index in [9.17, 15) is 4.39 Å². The number of anilines is 1. The van der Waals surface area contributed by atoms with Gasteiger partial charge in [-0.1, -0.05) is 12.1 Å². The predicted octanol–water partition coefficient (Wildman–Crippen LogP) is 2.21. The molecule has 0 bridgehead atoms. The third-order valence-electron chi connectivity index (χ3n) is 3.93. The lowest BCUT2D eigenvalue weighted by atomic mass is 10.1. The van der Waals surface area contributed by atoms with Gasteiger partial charge in [-0.15, -0.1) is 24.0 Å². The number of para-hydroxylation sites is 1. The Kier molecular flexibility index (Phi) is 6.08. The molecule has 1 aromatic carbocycles. The second-order valence-corrected chi connectivity index (χ2v) is 5.44. The molecule has 0 spiro atoms. The Hall–Kier alpha value is -1.05. The summed E-state index contributed by atoms with van der Waals surface area (Å²) in [5, 5.41) is 6.63. The van der Waals surface area contributed by atoms with Crippen molar-refractivity contribution in [1.82, 2.24) is 10.6 Å². The average Bonchev–Trinajstić information content (AvgIpc) is 2.95. The van der Waals surface area contributed by atoms with Crippen LogP contribution in [0.4, 0.5) is 10.1 Å². The van der Waals surface area contributed by atoms with Crippen LogP contribution in [-0.2, 0) is 0 Å². The summed E-state index contributed by atoms with van der Waals surface area (Å²) in [6, 6.07) is 7.02. The molecule has 2 N–H and O–H groups in total. The van der Waals surface area contributed by atoms with Gasteiger partial charge in [-0.05, 0) is 30.9 Å². The van der Waals surface area contributed by atoms with E-state index in [1.165, 1.54) is 6.07 Å². The average molecular weight is 404 g/mol. The number of benzene rings is 1. The fraction of sp³-hybridized carbons (Fsp3) is 0.533. The van der Waals surface area contributed by atoms with E-state index in [1.807, 2.05) is 12.1 Å². The van der Waals surface area contributed by atoms with Crippen LogP contribution >= 0.6 is 24.0 Å². The Morgan fingerprint density at radius 1 is 1.38 bits per heavy atom. The highest BCUT2D eigenvalue weighted by Crippen LogP contribution is 2.25. The molecule has 2 heterocycles. The Balaban J connectivity index is 0.00000161. The van der Waals surface area contributed by atoms with E-state index >= 15 is 0 Å². The molecule has 2 aliphatic rings. The molecular weight excluding hydrogens is 382 g/mol. The summed E-state index contributed by atoms with van der Waals surface area (Å²) in [4.78, 5) is 6.54. The molecule has 6 heteroatoms. The van der Waals surface area contributed by atoms with Gasteiger partial charge in [-0.2, -0.15) is 0 Å². The van der Waals surface area contributed by atoms with Crippen LogP contribution < -0.4 is 15.5 Å². The van der Waals surface area contributed by atoms with Crippen molar-refractivity contribution in [1.29, 1.82) is 0 Å². The number of halogens is 2. The van der Waals surface area contributed by atoms with Crippen molar-refractivity contribution in [2.75, 3.05) is 37.6 Å². The lowest BCUT2D eigenvalue weighted by molar-refractivity contribution is 0.559. The topological polar surface area (TPSA) is 39.7 Å². The second-order valence-electron chi connectivity index (χ2n) is 5.44. The molecule has 2 aliphatic heterocycles. The van der Waals surface area contributed by atoms with Gasteiger partial charge >= 0.3 is 0 Å². The van der Waals surface area contributed by atoms with Crippen LogP contribution in [0, 0.1) is 11.7 Å². The molecule has 0 amide bonds. The fourth-order valence-electron chi connectivity index (χ4n) is 2.82.